The first-order valence-electron chi connectivity index (χ1n) is 3.98. The number of nitrogens with zero attached hydrogens (tertiary/aromatic N) is 3. The molecule has 5 nitrogen and oxygen atoms in total. The van der Waals surface area contributed by atoms with Crippen molar-refractivity contribution in [1.29, 1.82) is 0 Å². The molecule has 1 unspecified atom stereocenters. The molecule has 0 bridgehead atoms. The number of aromatic nitrogens is 3. The molecule has 1 aromatic heterocycles. The fourth-order valence-electron chi connectivity index (χ4n) is 1.46. The van der Waals surface area contributed by atoms with Crippen LogP contribution in [0.1, 0.15) is 32.0 Å². The van der Waals surface area contributed by atoms with Gasteiger partial charge in [-0.2, -0.15) is 0 Å². The Morgan fingerprint density at radius 2 is 2.08 bits per heavy atom. The molecular formula is C7H13N5. The summed E-state index contributed by atoms with van der Waals surface area (Å²) < 4.78 is 1.37. The van der Waals surface area contributed by atoms with E-state index < -0.39 is 0 Å². The molecule has 0 amide bonds. The van der Waals surface area contributed by atoms with Crippen LogP contribution < -0.4 is 11.6 Å². The average molecular weight is 167 g/mol. The number of hydrogen-bond donors (Lipinski definition) is 2. The van der Waals surface area contributed by atoms with E-state index in [0.717, 1.165) is 12.2 Å². The Bertz CT molecular complexity index is 314. The topological polar surface area (TPSA) is 82.8 Å². The van der Waals surface area contributed by atoms with Gasteiger partial charge < -0.3 is 11.6 Å². The van der Waals surface area contributed by atoms with Gasteiger partial charge in [-0.1, -0.05) is 13.8 Å². The fraction of sp³-hybridized carbons (Fsp3) is 0.714. The second kappa shape index (κ2) is 1.91. The Morgan fingerprint density at radius 1 is 1.50 bits per heavy atom. The normalized spacial score (nSPS) is 25.7. The van der Waals surface area contributed by atoms with Crippen LogP contribution in [0.5, 0.6) is 0 Å². The summed E-state index contributed by atoms with van der Waals surface area (Å²) in [4.78, 5) is 0. The van der Waals surface area contributed by atoms with Crippen molar-refractivity contribution >= 4 is 5.95 Å². The molecule has 12 heavy (non-hydrogen) atoms. The first-order chi connectivity index (χ1) is 5.52. The van der Waals surface area contributed by atoms with Crippen LogP contribution in [0.25, 0.3) is 0 Å². The van der Waals surface area contributed by atoms with Crippen molar-refractivity contribution in [2.75, 3.05) is 11.6 Å². The maximum Gasteiger partial charge on any atom is 0.240 e. The molecule has 1 saturated carbocycles. The molecule has 0 aromatic carbocycles. The van der Waals surface area contributed by atoms with E-state index in [1.54, 1.807) is 0 Å². The summed E-state index contributed by atoms with van der Waals surface area (Å²) in [6, 6.07) is 0. The maximum atomic E-state index is 5.63. The standard InChI is InChI=1S/C7H13N5/c1-7(2)3-4(7)5-10-11-6(8)12(5)9/h4H,3,9H2,1-2H3,(H2,8,11). The molecule has 4 N–H and O–H groups in total. The van der Waals surface area contributed by atoms with Crippen LogP contribution in [0.4, 0.5) is 5.95 Å². The lowest BCUT2D eigenvalue weighted by Crippen LogP contribution is -2.15. The van der Waals surface area contributed by atoms with E-state index in [9.17, 15) is 0 Å². The fourth-order valence-corrected chi connectivity index (χ4v) is 1.46. The zero-order chi connectivity index (χ0) is 8.93. The number of nitrogens with two attached hydrogens (primary N) is 2. The largest absolute Gasteiger partial charge is 0.366 e. The Balaban J connectivity index is 2.31. The van der Waals surface area contributed by atoms with Crippen molar-refractivity contribution in [2.45, 2.75) is 26.2 Å². The molecule has 0 spiro atoms. The molecule has 66 valence electrons. The van der Waals surface area contributed by atoms with Crippen LogP contribution in [0.3, 0.4) is 0 Å². The van der Waals surface area contributed by atoms with Gasteiger partial charge in [0, 0.05) is 5.92 Å². The highest BCUT2D eigenvalue weighted by Crippen LogP contribution is 2.57. The quantitative estimate of drug-likeness (QED) is 0.580. The monoisotopic (exact) mass is 167 g/mol. The Morgan fingerprint density at radius 3 is 2.42 bits per heavy atom. The average Bonchev–Trinajstić information content (AvgIpc) is 2.47. The molecule has 1 aliphatic carbocycles. The van der Waals surface area contributed by atoms with Gasteiger partial charge in [0.25, 0.3) is 0 Å². The van der Waals surface area contributed by atoms with Crippen LogP contribution in [-0.2, 0) is 0 Å². The second-order valence-electron chi connectivity index (χ2n) is 4.03. The van der Waals surface area contributed by atoms with Crippen LogP contribution >= 0.6 is 0 Å². The van der Waals surface area contributed by atoms with E-state index in [0.29, 0.717) is 11.3 Å². The van der Waals surface area contributed by atoms with Gasteiger partial charge in [-0.15, -0.1) is 10.2 Å². The molecule has 5 heteroatoms. The lowest BCUT2D eigenvalue weighted by Gasteiger charge is -2.02. The first-order valence-corrected chi connectivity index (χ1v) is 3.98. The third-order valence-corrected chi connectivity index (χ3v) is 2.57. The van der Waals surface area contributed by atoms with Crippen molar-refractivity contribution in [1.82, 2.24) is 14.9 Å². The molecule has 0 radical (unpaired) electrons. The summed E-state index contributed by atoms with van der Waals surface area (Å²) in [7, 11) is 0. The summed E-state index contributed by atoms with van der Waals surface area (Å²) >= 11 is 0. The van der Waals surface area contributed by atoms with Gasteiger partial charge in [-0.05, 0) is 11.8 Å². The van der Waals surface area contributed by atoms with E-state index >= 15 is 0 Å². The lowest BCUT2D eigenvalue weighted by molar-refractivity contribution is 0.601. The van der Waals surface area contributed by atoms with Crippen molar-refractivity contribution < 1.29 is 0 Å². The maximum absolute atomic E-state index is 5.63. The van der Waals surface area contributed by atoms with Gasteiger partial charge in [-0.3, -0.25) is 0 Å². The van der Waals surface area contributed by atoms with E-state index in [2.05, 4.69) is 24.0 Å². The van der Waals surface area contributed by atoms with Crippen molar-refractivity contribution in [3.05, 3.63) is 5.82 Å². The Hall–Kier alpha value is -1.26. The summed E-state index contributed by atoms with van der Waals surface area (Å²) in [5.74, 6) is 7.14. The van der Waals surface area contributed by atoms with Gasteiger partial charge in [0.15, 0.2) is 5.82 Å². The minimum Gasteiger partial charge on any atom is -0.366 e. The van der Waals surface area contributed by atoms with Gasteiger partial charge in [0.05, 0.1) is 0 Å². The minimum atomic E-state index is 0.285. The smallest absolute Gasteiger partial charge is 0.240 e. The lowest BCUT2D eigenvalue weighted by atomic mass is 10.1. The number of hydrogen-bond acceptors (Lipinski definition) is 4. The van der Waals surface area contributed by atoms with Crippen molar-refractivity contribution in [3.63, 3.8) is 0 Å². The number of nitrogen functional groups attached to an aromatic ring is 2. The first kappa shape index (κ1) is 7.39. The van der Waals surface area contributed by atoms with E-state index in [4.69, 9.17) is 11.6 Å². The predicted octanol–water partition coefficient (Wildman–Crippen LogP) is 0.0876. The number of anilines is 1. The van der Waals surface area contributed by atoms with Gasteiger partial charge >= 0.3 is 0 Å². The van der Waals surface area contributed by atoms with Gasteiger partial charge in [-0.25, -0.2) is 4.68 Å². The van der Waals surface area contributed by atoms with E-state index in [1.165, 1.54) is 4.68 Å². The van der Waals surface area contributed by atoms with Crippen LogP contribution in [0.15, 0.2) is 0 Å². The summed E-state index contributed by atoms with van der Waals surface area (Å²) in [6.45, 7) is 4.37. The molecule has 2 rings (SSSR count). The zero-order valence-corrected chi connectivity index (χ0v) is 7.28. The molecule has 0 saturated heterocycles. The molecule has 1 aliphatic rings. The van der Waals surface area contributed by atoms with Crippen molar-refractivity contribution in [2.24, 2.45) is 5.41 Å². The molecule has 1 aromatic rings. The van der Waals surface area contributed by atoms with Crippen molar-refractivity contribution in [3.8, 4) is 0 Å². The molecule has 0 aliphatic heterocycles. The van der Waals surface area contributed by atoms with Crippen LogP contribution in [-0.4, -0.2) is 14.9 Å². The molecule has 1 heterocycles. The predicted molar refractivity (Wildman–Crippen MR) is 45.7 cm³/mol. The highest BCUT2D eigenvalue weighted by atomic mass is 15.4. The zero-order valence-electron chi connectivity index (χ0n) is 7.28. The SMILES string of the molecule is CC1(C)CC1c1nnc(N)n1N. The van der Waals surface area contributed by atoms with Crippen LogP contribution in [0, 0.1) is 5.41 Å². The summed E-state index contributed by atoms with van der Waals surface area (Å²) in [5.41, 5.74) is 5.78. The summed E-state index contributed by atoms with van der Waals surface area (Å²) in [5, 5.41) is 7.64. The Kier molecular flexibility index (Phi) is 1.18. The van der Waals surface area contributed by atoms with E-state index in [1.807, 2.05) is 0 Å². The van der Waals surface area contributed by atoms with Gasteiger partial charge in [0.1, 0.15) is 0 Å². The van der Waals surface area contributed by atoms with Gasteiger partial charge in [0.2, 0.25) is 5.95 Å². The third kappa shape index (κ3) is 0.855. The Labute approximate surface area is 70.7 Å². The molecule has 1 atom stereocenters. The van der Waals surface area contributed by atoms with E-state index in [-0.39, 0.29) is 5.95 Å². The summed E-state index contributed by atoms with van der Waals surface area (Å²) in [6.07, 6.45) is 1.11. The van der Waals surface area contributed by atoms with Crippen LogP contribution in [0.2, 0.25) is 0 Å². The highest BCUT2D eigenvalue weighted by molar-refractivity contribution is 5.24. The number of rotatable bonds is 1. The highest BCUT2D eigenvalue weighted by Gasteiger charge is 2.49. The molecular weight excluding hydrogens is 154 g/mol. The third-order valence-electron chi connectivity index (χ3n) is 2.57. The molecule has 1 fully saturated rings. The minimum absolute atomic E-state index is 0.285. The second-order valence-corrected chi connectivity index (χ2v) is 4.03.